The molecule has 0 unspecified atom stereocenters. The maximum atomic E-state index is 12.1. The van der Waals surface area contributed by atoms with Crippen LogP contribution in [-0.2, 0) is 0 Å². The summed E-state index contributed by atoms with van der Waals surface area (Å²) < 4.78 is 5.50. The van der Waals surface area contributed by atoms with Crippen LogP contribution in [-0.4, -0.2) is 22.9 Å². The van der Waals surface area contributed by atoms with E-state index in [1.54, 1.807) is 31.4 Å². The maximum Gasteiger partial charge on any atom is 0.211 e. The molecule has 0 aliphatic rings. The normalized spacial score (nSPS) is 10.2. The lowest BCUT2D eigenvalue weighted by atomic mass is 10.1. The van der Waals surface area contributed by atoms with Gasteiger partial charge in [-0.1, -0.05) is 0 Å². The number of aromatic nitrogens is 2. The van der Waals surface area contributed by atoms with Gasteiger partial charge in [-0.15, -0.1) is 0 Å². The van der Waals surface area contributed by atoms with Crippen LogP contribution in [0.3, 0.4) is 0 Å². The highest BCUT2D eigenvalue weighted by Crippen LogP contribution is 2.15. The third-order valence-corrected chi connectivity index (χ3v) is 2.70. The molecule has 4 nitrogen and oxygen atoms in total. The summed E-state index contributed by atoms with van der Waals surface area (Å²) in [6, 6.07) is 6.96. The molecule has 0 aliphatic heterocycles. The fourth-order valence-corrected chi connectivity index (χ4v) is 1.84. The zero-order chi connectivity index (χ0) is 12.4. The lowest BCUT2D eigenvalue weighted by Crippen LogP contribution is -2.03. The highest BCUT2D eigenvalue weighted by atomic mass is 32.1. The number of ether oxygens (including phenoxy) is 1. The molecule has 2 aromatic rings. The number of carbonyl (C=O) groups excluding carboxylic acids is 1. The van der Waals surface area contributed by atoms with E-state index in [0.29, 0.717) is 16.0 Å². The third kappa shape index (κ3) is 2.29. The minimum atomic E-state index is -0.0856. The fourth-order valence-electron chi connectivity index (χ4n) is 1.59. The van der Waals surface area contributed by atoms with Crippen LogP contribution in [0.2, 0.25) is 0 Å². The first kappa shape index (κ1) is 11.6. The van der Waals surface area contributed by atoms with Gasteiger partial charge in [-0.3, -0.25) is 4.79 Å². The Hall–Kier alpha value is -1.88. The molecule has 2 N–H and O–H groups in total. The van der Waals surface area contributed by atoms with Crippen molar-refractivity contribution in [3.63, 3.8) is 0 Å². The monoisotopic (exact) mass is 248 g/mol. The minimum Gasteiger partial charge on any atom is -0.497 e. The Morgan fingerprint density at radius 3 is 2.35 bits per heavy atom. The molecular formula is C12H12N2O2S. The molecule has 5 heteroatoms. The number of nitrogens with one attached hydrogen (secondary N) is 2. The van der Waals surface area contributed by atoms with E-state index in [2.05, 4.69) is 9.97 Å². The van der Waals surface area contributed by atoms with E-state index >= 15 is 0 Å². The SMILES string of the molecule is COc1ccc(C(=O)c2[nH]c(=S)[nH]c2C)cc1. The highest BCUT2D eigenvalue weighted by Gasteiger charge is 2.13. The van der Waals surface area contributed by atoms with Gasteiger partial charge < -0.3 is 14.7 Å². The first-order chi connectivity index (χ1) is 8.11. The number of methoxy groups -OCH3 is 1. The van der Waals surface area contributed by atoms with Gasteiger partial charge in [-0.25, -0.2) is 0 Å². The van der Waals surface area contributed by atoms with Crippen LogP contribution >= 0.6 is 12.2 Å². The number of H-pyrrole nitrogens is 2. The smallest absolute Gasteiger partial charge is 0.211 e. The molecule has 1 aromatic heterocycles. The predicted octanol–water partition coefficient (Wildman–Crippen LogP) is 2.62. The van der Waals surface area contributed by atoms with E-state index in [9.17, 15) is 4.79 Å². The van der Waals surface area contributed by atoms with Crippen molar-refractivity contribution >= 4 is 18.0 Å². The van der Waals surface area contributed by atoms with E-state index in [1.165, 1.54) is 0 Å². The Labute approximate surface area is 104 Å². The largest absolute Gasteiger partial charge is 0.497 e. The maximum absolute atomic E-state index is 12.1. The van der Waals surface area contributed by atoms with Crippen molar-refractivity contribution in [2.24, 2.45) is 0 Å². The summed E-state index contributed by atoms with van der Waals surface area (Å²) in [4.78, 5) is 17.9. The molecule has 0 radical (unpaired) electrons. The van der Waals surface area contributed by atoms with Crippen LogP contribution in [0.15, 0.2) is 24.3 Å². The second-order valence-corrected chi connectivity index (χ2v) is 4.04. The highest BCUT2D eigenvalue weighted by molar-refractivity contribution is 7.71. The molecule has 0 bridgehead atoms. The van der Waals surface area contributed by atoms with Crippen LogP contribution < -0.4 is 4.74 Å². The van der Waals surface area contributed by atoms with Gasteiger partial charge in [0.2, 0.25) is 5.78 Å². The van der Waals surface area contributed by atoms with Gasteiger partial charge in [0.25, 0.3) is 0 Å². The lowest BCUT2D eigenvalue weighted by Gasteiger charge is -2.02. The molecule has 1 aromatic carbocycles. The average molecular weight is 248 g/mol. The van der Waals surface area contributed by atoms with Crippen LogP contribution in [0.25, 0.3) is 0 Å². The summed E-state index contributed by atoms with van der Waals surface area (Å²) in [7, 11) is 1.59. The van der Waals surface area contributed by atoms with E-state index < -0.39 is 0 Å². The van der Waals surface area contributed by atoms with Crippen molar-refractivity contribution < 1.29 is 9.53 Å². The molecule has 0 atom stereocenters. The van der Waals surface area contributed by atoms with Gasteiger partial charge in [-0.05, 0) is 43.4 Å². The third-order valence-electron chi connectivity index (χ3n) is 2.49. The Morgan fingerprint density at radius 1 is 1.24 bits per heavy atom. The predicted molar refractivity (Wildman–Crippen MR) is 67.1 cm³/mol. The van der Waals surface area contributed by atoms with Crippen molar-refractivity contribution in [2.45, 2.75) is 6.92 Å². The lowest BCUT2D eigenvalue weighted by molar-refractivity contribution is 0.103. The van der Waals surface area contributed by atoms with Crippen molar-refractivity contribution in [3.05, 3.63) is 46.0 Å². The van der Waals surface area contributed by atoms with Crippen molar-refractivity contribution in [2.75, 3.05) is 7.11 Å². The molecule has 0 saturated heterocycles. The minimum absolute atomic E-state index is 0.0856. The summed E-state index contributed by atoms with van der Waals surface area (Å²) >= 11 is 4.95. The number of carbonyl (C=O) groups is 1. The molecular weight excluding hydrogens is 236 g/mol. The summed E-state index contributed by atoms with van der Waals surface area (Å²) in [5.41, 5.74) is 1.84. The van der Waals surface area contributed by atoms with Gasteiger partial charge in [0, 0.05) is 11.3 Å². The summed E-state index contributed by atoms with van der Waals surface area (Å²) in [5.74, 6) is 0.637. The number of hydrogen-bond donors (Lipinski definition) is 2. The quantitative estimate of drug-likeness (QED) is 0.648. The van der Waals surface area contributed by atoms with Crippen molar-refractivity contribution in [3.8, 4) is 5.75 Å². The van der Waals surface area contributed by atoms with Crippen LogP contribution in [0.5, 0.6) is 5.75 Å². The summed E-state index contributed by atoms with van der Waals surface area (Å²) in [6.45, 7) is 1.81. The second kappa shape index (κ2) is 4.55. The Kier molecular flexibility index (Phi) is 3.10. The van der Waals surface area contributed by atoms with Gasteiger partial charge in [-0.2, -0.15) is 0 Å². The van der Waals surface area contributed by atoms with Crippen molar-refractivity contribution in [1.82, 2.24) is 9.97 Å². The first-order valence-electron chi connectivity index (χ1n) is 5.09. The first-order valence-corrected chi connectivity index (χ1v) is 5.50. The van der Waals surface area contributed by atoms with E-state index in [1.807, 2.05) is 6.92 Å². The van der Waals surface area contributed by atoms with Gasteiger partial charge in [0.1, 0.15) is 11.4 Å². The van der Waals surface area contributed by atoms with Gasteiger partial charge >= 0.3 is 0 Å². The average Bonchev–Trinajstić information content (AvgIpc) is 2.68. The Bertz CT molecular complexity index is 596. The summed E-state index contributed by atoms with van der Waals surface area (Å²) in [6.07, 6.45) is 0. The Morgan fingerprint density at radius 2 is 1.88 bits per heavy atom. The van der Waals surface area contributed by atoms with E-state index in [4.69, 9.17) is 17.0 Å². The number of aryl methyl sites for hydroxylation is 1. The summed E-state index contributed by atoms with van der Waals surface area (Å²) in [5, 5.41) is 0. The number of imidazole rings is 1. The molecule has 0 spiro atoms. The molecule has 0 saturated carbocycles. The molecule has 1 heterocycles. The van der Waals surface area contributed by atoms with Gasteiger partial charge in [0.15, 0.2) is 4.77 Å². The van der Waals surface area contributed by atoms with Crippen molar-refractivity contribution in [1.29, 1.82) is 0 Å². The molecule has 0 aliphatic carbocycles. The van der Waals surface area contributed by atoms with Crippen LogP contribution in [0.1, 0.15) is 21.7 Å². The van der Waals surface area contributed by atoms with Gasteiger partial charge in [0.05, 0.1) is 7.11 Å². The topological polar surface area (TPSA) is 57.9 Å². The zero-order valence-electron chi connectivity index (χ0n) is 9.53. The molecule has 0 amide bonds. The number of aromatic amines is 2. The Balaban J connectivity index is 2.36. The zero-order valence-corrected chi connectivity index (χ0v) is 10.4. The standard InChI is InChI=1S/C12H12N2O2S/c1-7-10(14-12(17)13-7)11(15)8-3-5-9(16-2)6-4-8/h3-6H,1-2H3,(H2,13,14,17). The number of ketones is 1. The molecule has 2 rings (SSSR count). The molecule has 0 fully saturated rings. The number of rotatable bonds is 3. The van der Waals surface area contributed by atoms with E-state index in [0.717, 1.165) is 11.4 Å². The number of benzene rings is 1. The fraction of sp³-hybridized carbons (Fsp3) is 0.167. The van der Waals surface area contributed by atoms with E-state index in [-0.39, 0.29) is 5.78 Å². The van der Waals surface area contributed by atoms with Crippen LogP contribution in [0, 0.1) is 11.7 Å². The number of hydrogen-bond acceptors (Lipinski definition) is 3. The van der Waals surface area contributed by atoms with Crippen LogP contribution in [0.4, 0.5) is 0 Å². The molecule has 88 valence electrons. The molecule has 17 heavy (non-hydrogen) atoms. The second-order valence-electron chi connectivity index (χ2n) is 3.64.